The molecule has 3 heterocycles. The molecule has 1 fully saturated rings. The second-order valence-electron chi connectivity index (χ2n) is 9.28. The number of benzene rings is 2. The van der Waals surface area contributed by atoms with Crippen LogP contribution in [-0.4, -0.2) is 58.7 Å². The van der Waals surface area contributed by atoms with E-state index in [1.807, 2.05) is 42.2 Å². The van der Waals surface area contributed by atoms with Crippen molar-refractivity contribution in [2.45, 2.75) is 31.3 Å². The van der Waals surface area contributed by atoms with E-state index in [1.165, 1.54) is 10.9 Å². The van der Waals surface area contributed by atoms with E-state index < -0.39 is 0 Å². The van der Waals surface area contributed by atoms with Crippen molar-refractivity contribution in [1.82, 2.24) is 14.4 Å². The van der Waals surface area contributed by atoms with Crippen LogP contribution < -0.4 is 4.74 Å². The molecule has 3 aromatic rings. The predicted octanol–water partition coefficient (Wildman–Crippen LogP) is 3.88. The van der Waals surface area contributed by atoms with Crippen LogP contribution in [0, 0.1) is 0 Å². The molecule has 7 heteroatoms. The number of amides is 1. The van der Waals surface area contributed by atoms with Crippen molar-refractivity contribution >= 4 is 28.4 Å². The maximum absolute atomic E-state index is 12.5. The lowest BCUT2D eigenvalue weighted by Crippen LogP contribution is -2.67. The van der Waals surface area contributed by atoms with Crippen molar-refractivity contribution < 1.29 is 14.6 Å². The smallest absolute Gasteiger partial charge is 0.222 e. The van der Waals surface area contributed by atoms with Gasteiger partial charge in [0.1, 0.15) is 5.75 Å². The number of likely N-dealkylation sites (tertiary alicyclic amines) is 1. The molecule has 2 aromatic carbocycles. The number of hydrogen-bond donors (Lipinski definition) is 1. The average molecular weight is 468 g/mol. The fourth-order valence-electron chi connectivity index (χ4n) is 5.82. The van der Waals surface area contributed by atoms with Crippen LogP contribution in [0.1, 0.15) is 36.2 Å². The van der Waals surface area contributed by atoms with Crippen molar-refractivity contribution in [2.24, 2.45) is 7.05 Å². The van der Waals surface area contributed by atoms with Gasteiger partial charge in [-0.25, -0.2) is 0 Å². The quantitative estimate of drug-likeness (QED) is 0.618. The molecule has 1 spiro atoms. The van der Waals surface area contributed by atoms with Crippen LogP contribution in [0.4, 0.5) is 0 Å². The second kappa shape index (κ2) is 8.35. The van der Waals surface area contributed by atoms with E-state index in [1.54, 1.807) is 7.11 Å². The molecule has 2 aliphatic rings. The Bertz CT molecular complexity index is 1210. The molecule has 1 amide bonds. The zero-order chi connectivity index (χ0) is 23.3. The highest BCUT2D eigenvalue weighted by Crippen LogP contribution is 2.50. The molecular weight excluding hydrogens is 438 g/mol. The summed E-state index contributed by atoms with van der Waals surface area (Å²) in [6.07, 6.45) is 0.512. The number of methoxy groups -OCH3 is 1. The molecular formula is C26H30ClN3O3. The van der Waals surface area contributed by atoms with Gasteiger partial charge < -0.3 is 19.3 Å². The lowest BCUT2D eigenvalue weighted by Gasteiger charge is -2.56. The number of aryl methyl sites for hydroxylation is 1. The third kappa shape index (κ3) is 3.43. The summed E-state index contributed by atoms with van der Waals surface area (Å²) in [5, 5.41) is 12.5. The summed E-state index contributed by atoms with van der Waals surface area (Å²) in [5.74, 6) is 0.991. The summed E-state index contributed by atoms with van der Waals surface area (Å²) in [5.41, 5.74) is 4.32. The Morgan fingerprint density at radius 3 is 2.64 bits per heavy atom. The van der Waals surface area contributed by atoms with Crippen LogP contribution in [0.3, 0.4) is 0 Å². The zero-order valence-corrected chi connectivity index (χ0v) is 20.1. The van der Waals surface area contributed by atoms with Crippen molar-refractivity contribution in [3.63, 3.8) is 0 Å². The Morgan fingerprint density at radius 2 is 1.97 bits per heavy atom. The molecule has 174 valence electrons. The summed E-state index contributed by atoms with van der Waals surface area (Å²) in [4.78, 5) is 16.7. The molecule has 1 aromatic heterocycles. The van der Waals surface area contributed by atoms with Crippen molar-refractivity contribution in [2.75, 3.05) is 33.4 Å². The number of rotatable bonds is 5. The highest BCUT2D eigenvalue weighted by molar-refractivity contribution is 6.31. The maximum Gasteiger partial charge on any atom is 0.222 e. The third-order valence-corrected chi connectivity index (χ3v) is 7.76. The second-order valence-corrected chi connectivity index (χ2v) is 9.69. The summed E-state index contributed by atoms with van der Waals surface area (Å²) >= 11 is 6.50. The number of aromatic nitrogens is 1. The van der Waals surface area contributed by atoms with E-state index in [0.29, 0.717) is 26.1 Å². The molecule has 1 saturated heterocycles. The minimum absolute atomic E-state index is 0.00638. The van der Waals surface area contributed by atoms with Crippen LogP contribution in [-0.2, 0) is 23.8 Å². The van der Waals surface area contributed by atoms with Gasteiger partial charge in [-0.15, -0.1) is 0 Å². The number of aliphatic hydroxyl groups excluding tert-OH is 1. The molecule has 0 unspecified atom stereocenters. The number of ether oxygens (including phenoxy) is 1. The van der Waals surface area contributed by atoms with Crippen molar-refractivity contribution in [3.8, 4) is 5.75 Å². The molecule has 0 saturated carbocycles. The first-order valence-corrected chi connectivity index (χ1v) is 11.8. The monoisotopic (exact) mass is 467 g/mol. The lowest BCUT2D eigenvalue weighted by atomic mass is 9.68. The van der Waals surface area contributed by atoms with Gasteiger partial charge >= 0.3 is 0 Å². The van der Waals surface area contributed by atoms with E-state index in [2.05, 4.69) is 28.6 Å². The zero-order valence-electron chi connectivity index (χ0n) is 19.3. The number of carbonyl (C=O) groups excluding carboxylic acids is 1. The Morgan fingerprint density at radius 1 is 1.21 bits per heavy atom. The SMILES string of the molecule is CCC(=O)N1CC2(C1)CN(Cc1ccccc1Cl)[C@@H](CO)c1c2c2ccc(OC)cc2n1C. The first-order valence-electron chi connectivity index (χ1n) is 11.5. The van der Waals surface area contributed by atoms with Crippen LogP contribution in [0.5, 0.6) is 5.75 Å². The Hall–Kier alpha value is -2.54. The highest BCUT2D eigenvalue weighted by Gasteiger charge is 2.54. The number of carbonyl (C=O) groups is 1. The van der Waals surface area contributed by atoms with Gasteiger partial charge in [-0.3, -0.25) is 9.69 Å². The number of hydrogen-bond acceptors (Lipinski definition) is 4. The van der Waals surface area contributed by atoms with Crippen LogP contribution >= 0.6 is 11.6 Å². The molecule has 6 nitrogen and oxygen atoms in total. The standard InChI is InChI=1S/C26H30ClN3O3/c1-4-23(32)30-15-26(16-30)14-29(12-17-7-5-6-8-20(17)27)22(13-31)25-24(26)19-10-9-18(33-3)11-21(19)28(25)2/h5-11,22,31H,4,12-16H2,1-3H3/t22-/m0/s1. The van der Waals surface area contributed by atoms with E-state index in [4.69, 9.17) is 16.3 Å². The van der Waals surface area contributed by atoms with Crippen LogP contribution in [0.25, 0.3) is 10.9 Å². The minimum Gasteiger partial charge on any atom is -0.497 e. The highest BCUT2D eigenvalue weighted by atomic mass is 35.5. The Balaban J connectivity index is 1.65. The lowest BCUT2D eigenvalue weighted by molar-refractivity contribution is -0.140. The van der Waals surface area contributed by atoms with Gasteiger partial charge in [-0.05, 0) is 29.3 Å². The van der Waals surface area contributed by atoms with E-state index in [0.717, 1.165) is 34.1 Å². The van der Waals surface area contributed by atoms with Crippen molar-refractivity contribution in [3.05, 3.63) is 64.3 Å². The number of halogens is 1. The molecule has 1 atom stereocenters. The maximum atomic E-state index is 12.5. The normalized spacial score (nSPS) is 19.5. The first kappa shape index (κ1) is 22.3. The van der Waals surface area contributed by atoms with E-state index in [9.17, 15) is 9.90 Å². The minimum atomic E-state index is -0.179. The first-order chi connectivity index (χ1) is 15.9. The topological polar surface area (TPSA) is 57.9 Å². The summed E-state index contributed by atoms with van der Waals surface area (Å²) < 4.78 is 7.68. The fourth-order valence-corrected chi connectivity index (χ4v) is 6.01. The molecule has 0 aliphatic carbocycles. The van der Waals surface area contributed by atoms with Crippen molar-refractivity contribution in [1.29, 1.82) is 0 Å². The number of aliphatic hydroxyl groups is 1. The Labute approximate surface area is 199 Å². The van der Waals surface area contributed by atoms with Gasteiger partial charge in [-0.1, -0.05) is 36.7 Å². The largest absolute Gasteiger partial charge is 0.497 e. The molecule has 0 bridgehead atoms. The molecule has 1 N–H and O–H groups in total. The van der Waals surface area contributed by atoms with Crippen LogP contribution in [0.2, 0.25) is 5.02 Å². The number of fused-ring (bicyclic) bond motifs is 4. The number of nitrogens with zero attached hydrogens (tertiary/aromatic N) is 3. The average Bonchev–Trinajstić information content (AvgIpc) is 3.10. The summed E-state index contributed by atoms with van der Waals surface area (Å²) in [6, 6.07) is 13.9. The van der Waals surface area contributed by atoms with Gasteiger partial charge in [0, 0.05) is 67.2 Å². The molecule has 33 heavy (non-hydrogen) atoms. The summed E-state index contributed by atoms with van der Waals surface area (Å²) in [7, 11) is 3.73. The van der Waals surface area contributed by atoms with E-state index >= 15 is 0 Å². The van der Waals surface area contributed by atoms with Gasteiger partial charge in [0.15, 0.2) is 0 Å². The molecule has 0 radical (unpaired) electrons. The van der Waals surface area contributed by atoms with Gasteiger partial charge in [0.25, 0.3) is 0 Å². The Kier molecular flexibility index (Phi) is 5.63. The van der Waals surface area contributed by atoms with Gasteiger partial charge in [-0.2, -0.15) is 0 Å². The predicted molar refractivity (Wildman–Crippen MR) is 130 cm³/mol. The van der Waals surface area contributed by atoms with E-state index in [-0.39, 0.29) is 24.0 Å². The molecule has 2 aliphatic heterocycles. The molecule has 5 rings (SSSR count). The fraction of sp³-hybridized carbons (Fsp3) is 0.423. The third-order valence-electron chi connectivity index (χ3n) is 7.39. The van der Waals surface area contributed by atoms with Crippen LogP contribution in [0.15, 0.2) is 42.5 Å². The summed E-state index contributed by atoms with van der Waals surface area (Å²) in [6.45, 7) is 4.69. The van der Waals surface area contributed by atoms with Gasteiger partial charge in [0.2, 0.25) is 5.91 Å². The van der Waals surface area contributed by atoms with Gasteiger partial charge in [0.05, 0.1) is 25.3 Å².